The van der Waals surface area contributed by atoms with E-state index in [1.54, 1.807) is 0 Å². The highest BCUT2D eigenvalue weighted by atomic mass is 16.5. The van der Waals surface area contributed by atoms with Crippen molar-refractivity contribution in [3.8, 4) is 0 Å². The van der Waals surface area contributed by atoms with Gasteiger partial charge in [-0.2, -0.15) is 0 Å². The molecule has 1 aliphatic rings. The van der Waals surface area contributed by atoms with E-state index < -0.39 is 0 Å². The minimum atomic E-state index is -0.207. The predicted molar refractivity (Wildman–Crippen MR) is 43.0 cm³/mol. The summed E-state index contributed by atoms with van der Waals surface area (Å²) in [6.07, 6.45) is 3.48. The van der Waals surface area contributed by atoms with Gasteiger partial charge in [-0.1, -0.05) is 26.8 Å². The third-order valence-electron chi connectivity index (χ3n) is 1.96. The van der Waals surface area contributed by atoms with Crippen LogP contribution in [-0.2, 0) is 9.53 Å². The zero-order valence-electron chi connectivity index (χ0n) is 7.20. The van der Waals surface area contributed by atoms with Crippen LogP contribution in [0.2, 0.25) is 0 Å². The van der Waals surface area contributed by atoms with E-state index in [4.69, 9.17) is 4.74 Å². The summed E-state index contributed by atoms with van der Waals surface area (Å²) in [4.78, 5) is 10.8. The molecule has 1 rings (SSSR count). The molecule has 0 fully saturated rings. The topological polar surface area (TPSA) is 26.3 Å². The van der Waals surface area contributed by atoms with Crippen molar-refractivity contribution < 1.29 is 9.53 Å². The molecule has 0 spiro atoms. The van der Waals surface area contributed by atoms with Crippen molar-refractivity contribution in [3.05, 3.63) is 12.2 Å². The molecular formula is C9H14O2. The minimum absolute atomic E-state index is 0.0625. The van der Waals surface area contributed by atoms with Crippen molar-refractivity contribution in [2.45, 2.75) is 26.9 Å². The fourth-order valence-electron chi connectivity index (χ4n) is 1.36. The Hall–Kier alpha value is -0.790. The molecule has 2 heteroatoms. The molecule has 1 aliphatic heterocycles. The average molecular weight is 154 g/mol. The van der Waals surface area contributed by atoms with Gasteiger partial charge >= 0.3 is 5.97 Å². The zero-order chi connectivity index (χ0) is 8.43. The van der Waals surface area contributed by atoms with E-state index in [0.717, 1.165) is 0 Å². The average Bonchev–Trinajstić information content (AvgIpc) is 1.94. The lowest BCUT2D eigenvalue weighted by Crippen LogP contribution is -2.31. The summed E-state index contributed by atoms with van der Waals surface area (Å²) >= 11 is 0. The van der Waals surface area contributed by atoms with Crippen LogP contribution in [0.15, 0.2) is 12.2 Å². The molecular weight excluding hydrogens is 140 g/mol. The van der Waals surface area contributed by atoms with E-state index in [-0.39, 0.29) is 12.1 Å². The molecule has 0 aromatic rings. The Kier molecular flexibility index (Phi) is 2.32. The summed E-state index contributed by atoms with van der Waals surface area (Å²) in [6, 6.07) is 0. The van der Waals surface area contributed by atoms with E-state index in [0.29, 0.717) is 11.8 Å². The van der Waals surface area contributed by atoms with Gasteiger partial charge in [0.05, 0.1) is 0 Å². The summed E-state index contributed by atoms with van der Waals surface area (Å²) in [5, 5.41) is 0. The van der Waals surface area contributed by atoms with Crippen LogP contribution < -0.4 is 0 Å². The van der Waals surface area contributed by atoms with Crippen molar-refractivity contribution in [1.29, 1.82) is 0 Å². The highest BCUT2D eigenvalue weighted by Crippen LogP contribution is 2.21. The van der Waals surface area contributed by atoms with Gasteiger partial charge in [0.2, 0.25) is 0 Å². The van der Waals surface area contributed by atoms with E-state index in [1.165, 1.54) is 6.08 Å². The lowest BCUT2D eigenvalue weighted by atomic mass is 9.93. The molecule has 0 radical (unpaired) electrons. The molecule has 1 heterocycles. The van der Waals surface area contributed by atoms with Gasteiger partial charge in [0.15, 0.2) is 0 Å². The van der Waals surface area contributed by atoms with Crippen LogP contribution in [0.4, 0.5) is 0 Å². The molecule has 0 bridgehead atoms. The second kappa shape index (κ2) is 3.07. The summed E-state index contributed by atoms with van der Waals surface area (Å²) in [5.74, 6) is 0.549. The predicted octanol–water partition coefficient (Wildman–Crippen LogP) is 1.76. The maximum atomic E-state index is 10.8. The number of esters is 1. The fourth-order valence-corrected chi connectivity index (χ4v) is 1.36. The van der Waals surface area contributed by atoms with Crippen LogP contribution in [0, 0.1) is 11.8 Å². The molecule has 0 saturated carbocycles. The van der Waals surface area contributed by atoms with Gasteiger partial charge in [0.25, 0.3) is 0 Å². The first-order chi connectivity index (χ1) is 5.11. The number of carbonyl (C=O) groups excluding carboxylic acids is 1. The summed E-state index contributed by atoms with van der Waals surface area (Å²) in [7, 11) is 0. The van der Waals surface area contributed by atoms with E-state index in [2.05, 4.69) is 20.8 Å². The first kappa shape index (κ1) is 8.31. The Morgan fingerprint density at radius 3 is 2.64 bits per heavy atom. The molecule has 0 aliphatic carbocycles. The quantitative estimate of drug-likeness (QED) is 0.538. The SMILES string of the molecule is CC(C)[C@H]1OC(=O)C=C[C@@H]1C. The molecule has 0 unspecified atom stereocenters. The molecule has 0 N–H and O–H groups in total. The van der Waals surface area contributed by atoms with Crippen molar-refractivity contribution in [2.24, 2.45) is 11.8 Å². The van der Waals surface area contributed by atoms with Gasteiger partial charge in [-0.15, -0.1) is 0 Å². The van der Waals surface area contributed by atoms with Crippen LogP contribution in [-0.4, -0.2) is 12.1 Å². The smallest absolute Gasteiger partial charge is 0.330 e. The lowest BCUT2D eigenvalue weighted by molar-refractivity contribution is -0.148. The third kappa shape index (κ3) is 1.82. The number of rotatable bonds is 1. The molecule has 0 aromatic carbocycles. The number of ether oxygens (including phenoxy) is 1. The molecule has 0 saturated heterocycles. The first-order valence-corrected chi connectivity index (χ1v) is 4.00. The van der Waals surface area contributed by atoms with Gasteiger partial charge in [-0.3, -0.25) is 0 Å². The highest BCUT2D eigenvalue weighted by Gasteiger charge is 2.25. The van der Waals surface area contributed by atoms with Crippen molar-refractivity contribution in [3.63, 3.8) is 0 Å². The lowest BCUT2D eigenvalue weighted by Gasteiger charge is -2.27. The zero-order valence-corrected chi connectivity index (χ0v) is 7.20. The minimum Gasteiger partial charge on any atom is -0.458 e. The van der Waals surface area contributed by atoms with Crippen molar-refractivity contribution in [1.82, 2.24) is 0 Å². The van der Waals surface area contributed by atoms with Gasteiger partial charge in [-0.25, -0.2) is 4.79 Å². The van der Waals surface area contributed by atoms with Gasteiger partial charge in [0, 0.05) is 12.0 Å². The summed E-state index contributed by atoms with van der Waals surface area (Å²) in [6.45, 7) is 6.19. The van der Waals surface area contributed by atoms with Crippen LogP contribution in [0.5, 0.6) is 0 Å². The standard InChI is InChI=1S/C9H14O2/c1-6(2)9-7(3)4-5-8(10)11-9/h4-7,9H,1-3H3/t7-,9+/m0/s1. The van der Waals surface area contributed by atoms with Crippen molar-refractivity contribution >= 4 is 5.97 Å². The normalized spacial score (nSPS) is 30.7. The van der Waals surface area contributed by atoms with E-state index in [1.807, 2.05) is 6.08 Å². The van der Waals surface area contributed by atoms with E-state index >= 15 is 0 Å². The maximum Gasteiger partial charge on any atom is 0.330 e. The monoisotopic (exact) mass is 154 g/mol. The Balaban J connectivity index is 2.68. The maximum absolute atomic E-state index is 10.8. The molecule has 2 atom stereocenters. The molecule has 62 valence electrons. The van der Waals surface area contributed by atoms with Crippen LogP contribution >= 0.6 is 0 Å². The number of hydrogen-bond donors (Lipinski definition) is 0. The van der Waals surface area contributed by atoms with Gasteiger partial charge in [0.1, 0.15) is 6.10 Å². The molecule has 0 aromatic heterocycles. The van der Waals surface area contributed by atoms with Gasteiger partial charge < -0.3 is 4.74 Å². The number of cyclic esters (lactones) is 1. The Morgan fingerprint density at radius 2 is 2.18 bits per heavy atom. The second-order valence-electron chi connectivity index (χ2n) is 3.36. The first-order valence-electron chi connectivity index (χ1n) is 4.00. The van der Waals surface area contributed by atoms with Crippen LogP contribution in [0.1, 0.15) is 20.8 Å². The molecule has 2 nitrogen and oxygen atoms in total. The van der Waals surface area contributed by atoms with Gasteiger partial charge in [-0.05, 0) is 5.92 Å². The number of carbonyl (C=O) groups is 1. The summed E-state index contributed by atoms with van der Waals surface area (Å²) < 4.78 is 5.13. The largest absolute Gasteiger partial charge is 0.458 e. The van der Waals surface area contributed by atoms with E-state index in [9.17, 15) is 4.79 Å². The Labute approximate surface area is 67.2 Å². The van der Waals surface area contributed by atoms with Crippen molar-refractivity contribution in [2.75, 3.05) is 0 Å². The van der Waals surface area contributed by atoms with Crippen LogP contribution in [0.3, 0.4) is 0 Å². The second-order valence-corrected chi connectivity index (χ2v) is 3.36. The highest BCUT2D eigenvalue weighted by molar-refractivity contribution is 5.82. The Bertz CT molecular complexity index is 182. The third-order valence-corrected chi connectivity index (χ3v) is 1.96. The molecule has 0 amide bonds. The Morgan fingerprint density at radius 1 is 1.55 bits per heavy atom. The fraction of sp³-hybridized carbons (Fsp3) is 0.667. The molecule has 11 heavy (non-hydrogen) atoms. The van der Waals surface area contributed by atoms with Crippen LogP contribution in [0.25, 0.3) is 0 Å². The summed E-state index contributed by atoms with van der Waals surface area (Å²) in [5.41, 5.74) is 0. The number of hydrogen-bond acceptors (Lipinski definition) is 2.